The fourth-order valence-electron chi connectivity index (χ4n) is 3.26. The Balaban J connectivity index is 2.32. The van der Waals surface area contributed by atoms with Gasteiger partial charge in [-0.1, -0.05) is 19.4 Å². The van der Waals surface area contributed by atoms with Gasteiger partial charge in [0, 0.05) is 19.4 Å². The summed E-state index contributed by atoms with van der Waals surface area (Å²) >= 11 is 0. The van der Waals surface area contributed by atoms with E-state index in [-0.39, 0.29) is 42.4 Å². The van der Waals surface area contributed by atoms with Gasteiger partial charge in [0.1, 0.15) is 12.2 Å². The monoisotopic (exact) mass is 282 g/mol. The lowest BCUT2D eigenvalue weighted by Gasteiger charge is -2.24. The molecule has 0 unspecified atom stereocenters. The lowest BCUT2D eigenvalue weighted by atomic mass is 9.85. The smallest absolute Gasteiger partial charge is 0.309 e. The third-order valence-corrected chi connectivity index (χ3v) is 4.33. The molecule has 5 atom stereocenters. The van der Waals surface area contributed by atoms with E-state index >= 15 is 0 Å². The molecule has 2 aliphatic rings. The number of fused-ring (bicyclic) bond motifs is 1. The Hall–Kier alpha value is -1.36. The van der Waals surface area contributed by atoms with Crippen LogP contribution in [0.3, 0.4) is 0 Å². The summed E-state index contributed by atoms with van der Waals surface area (Å²) in [7, 11) is 0. The van der Waals surface area contributed by atoms with Crippen molar-refractivity contribution < 1.29 is 24.2 Å². The van der Waals surface area contributed by atoms with Crippen molar-refractivity contribution in [2.24, 2.45) is 17.8 Å². The lowest BCUT2D eigenvalue weighted by molar-refractivity contribution is -0.147. The summed E-state index contributed by atoms with van der Waals surface area (Å²) in [5.41, 5.74) is 1.07. The Labute approximate surface area is 118 Å². The van der Waals surface area contributed by atoms with Crippen molar-refractivity contribution in [2.45, 2.75) is 45.8 Å². The van der Waals surface area contributed by atoms with Crippen LogP contribution in [-0.2, 0) is 19.1 Å². The number of esters is 2. The van der Waals surface area contributed by atoms with Gasteiger partial charge in [0.15, 0.2) is 0 Å². The van der Waals surface area contributed by atoms with E-state index in [2.05, 4.69) is 0 Å². The van der Waals surface area contributed by atoms with Gasteiger partial charge in [-0.05, 0) is 24.8 Å². The first kappa shape index (κ1) is 15.0. The summed E-state index contributed by atoms with van der Waals surface area (Å²) in [6.07, 6.45) is 2.51. The fourth-order valence-corrected chi connectivity index (χ4v) is 3.26. The summed E-state index contributed by atoms with van der Waals surface area (Å²) < 4.78 is 10.8. The molecule has 0 amide bonds. The van der Waals surface area contributed by atoms with Crippen molar-refractivity contribution >= 4 is 11.9 Å². The molecule has 0 spiro atoms. The maximum absolute atomic E-state index is 11.8. The minimum atomic E-state index is -0.453. The van der Waals surface area contributed by atoms with E-state index in [9.17, 15) is 9.59 Å². The molecule has 2 rings (SSSR count). The standard InChI is InChI=1S/C15H22O5/c1-8-6-12-14(9(2)15(18)20-12)13(19-10(3)17)7-11(8)4-5-16/h7-9,12-14,16H,4-6H2,1-3H3/t8-,9-,12+,13-,14+/m0/s1. The third-order valence-electron chi connectivity index (χ3n) is 4.33. The number of hydrogen-bond acceptors (Lipinski definition) is 5. The van der Waals surface area contributed by atoms with Gasteiger partial charge in [-0.15, -0.1) is 0 Å². The predicted octanol–water partition coefficient (Wildman–Crippen LogP) is 1.44. The zero-order valence-electron chi connectivity index (χ0n) is 12.2. The summed E-state index contributed by atoms with van der Waals surface area (Å²) in [5, 5.41) is 9.16. The van der Waals surface area contributed by atoms with Crippen LogP contribution in [0.1, 0.15) is 33.6 Å². The highest BCUT2D eigenvalue weighted by molar-refractivity contribution is 5.75. The first-order valence-corrected chi connectivity index (χ1v) is 7.13. The summed E-state index contributed by atoms with van der Waals surface area (Å²) in [6.45, 7) is 5.30. The minimum Gasteiger partial charge on any atom is -0.462 e. The largest absolute Gasteiger partial charge is 0.462 e. The molecule has 1 heterocycles. The van der Waals surface area contributed by atoms with E-state index in [0.717, 1.165) is 5.57 Å². The van der Waals surface area contributed by atoms with E-state index in [1.54, 1.807) is 0 Å². The van der Waals surface area contributed by atoms with Crippen LogP contribution in [-0.4, -0.2) is 35.9 Å². The van der Waals surface area contributed by atoms with Gasteiger partial charge < -0.3 is 14.6 Å². The summed E-state index contributed by atoms with van der Waals surface area (Å²) in [4.78, 5) is 23.1. The Morgan fingerprint density at radius 3 is 2.80 bits per heavy atom. The summed E-state index contributed by atoms with van der Waals surface area (Å²) in [5.74, 6) is -0.794. The number of carbonyl (C=O) groups excluding carboxylic acids is 2. The Morgan fingerprint density at radius 2 is 2.20 bits per heavy atom. The van der Waals surface area contributed by atoms with Gasteiger partial charge in [0.2, 0.25) is 0 Å². The predicted molar refractivity (Wildman–Crippen MR) is 71.7 cm³/mol. The first-order valence-electron chi connectivity index (χ1n) is 7.13. The van der Waals surface area contributed by atoms with Crippen molar-refractivity contribution in [1.82, 2.24) is 0 Å². The van der Waals surface area contributed by atoms with Crippen LogP contribution in [0.2, 0.25) is 0 Å². The molecular formula is C15H22O5. The number of hydrogen-bond donors (Lipinski definition) is 1. The molecule has 0 bridgehead atoms. The summed E-state index contributed by atoms with van der Waals surface area (Å²) in [6, 6.07) is 0. The Kier molecular flexibility index (Phi) is 4.48. The zero-order chi connectivity index (χ0) is 14.9. The van der Waals surface area contributed by atoms with E-state index in [1.807, 2.05) is 19.9 Å². The molecule has 0 aromatic carbocycles. The number of aliphatic hydroxyl groups is 1. The molecule has 20 heavy (non-hydrogen) atoms. The Morgan fingerprint density at radius 1 is 1.50 bits per heavy atom. The van der Waals surface area contributed by atoms with Crippen LogP contribution in [0.5, 0.6) is 0 Å². The maximum atomic E-state index is 11.8. The van der Waals surface area contributed by atoms with Crippen molar-refractivity contribution in [1.29, 1.82) is 0 Å². The van der Waals surface area contributed by atoms with Gasteiger partial charge >= 0.3 is 11.9 Å². The quantitative estimate of drug-likeness (QED) is 0.626. The molecule has 0 aromatic heterocycles. The van der Waals surface area contributed by atoms with Gasteiger partial charge in [-0.2, -0.15) is 0 Å². The second-order valence-electron chi connectivity index (χ2n) is 5.77. The molecule has 112 valence electrons. The molecule has 0 saturated carbocycles. The highest BCUT2D eigenvalue weighted by Gasteiger charge is 2.48. The van der Waals surface area contributed by atoms with Crippen molar-refractivity contribution in [3.8, 4) is 0 Å². The van der Waals surface area contributed by atoms with Gasteiger partial charge in [-0.25, -0.2) is 0 Å². The molecule has 1 aliphatic carbocycles. The minimum absolute atomic E-state index is 0.0631. The second-order valence-corrected chi connectivity index (χ2v) is 5.77. The molecule has 1 saturated heterocycles. The molecule has 1 aliphatic heterocycles. The molecule has 5 heteroatoms. The van der Waals surface area contributed by atoms with E-state index in [0.29, 0.717) is 12.8 Å². The molecule has 5 nitrogen and oxygen atoms in total. The zero-order valence-corrected chi connectivity index (χ0v) is 12.2. The van der Waals surface area contributed by atoms with Gasteiger partial charge in [-0.3, -0.25) is 9.59 Å². The molecule has 0 radical (unpaired) electrons. The van der Waals surface area contributed by atoms with E-state index < -0.39 is 6.10 Å². The fraction of sp³-hybridized carbons (Fsp3) is 0.733. The molecule has 1 fully saturated rings. The third kappa shape index (κ3) is 2.87. The molecular weight excluding hydrogens is 260 g/mol. The topological polar surface area (TPSA) is 72.8 Å². The average Bonchev–Trinajstić information content (AvgIpc) is 2.55. The number of carbonyl (C=O) groups is 2. The van der Waals surface area contributed by atoms with Crippen LogP contribution in [0.25, 0.3) is 0 Å². The highest BCUT2D eigenvalue weighted by Crippen LogP contribution is 2.40. The van der Waals surface area contributed by atoms with Crippen molar-refractivity contribution in [3.63, 3.8) is 0 Å². The second kappa shape index (κ2) is 5.95. The Bertz CT molecular complexity index is 428. The van der Waals surface area contributed by atoms with Crippen LogP contribution in [0, 0.1) is 17.8 Å². The van der Waals surface area contributed by atoms with Crippen LogP contribution < -0.4 is 0 Å². The maximum Gasteiger partial charge on any atom is 0.309 e. The SMILES string of the molecule is CC(=O)O[C@H]1C=C(CCO)[C@@H](C)C[C@H]2OC(=O)[C@@H](C)[C@@H]12. The van der Waals surface area contributed by atoms with Crippen LogP contribution in [0.15, 0.2) is 11.6 Å². The molecule has 0 aromatic rings. The first-order chi connectivity index (χ1) is 9.43. The average molecular weight is 282 g/mol. The lowest BCUT2D eigenvalue weighted by Crippen LogP contribution is -2.33. The van der Waals surface area contributed by atoms with Crippen molar-refractivity contribution in [3.05, 3.63) is 11.6 Å². The van der Waals surface area contributed by atoms with Gasteiger partial charge in [0.05, 0.1) is 5.92 Å². The van der Waals surface area contributed by atoms with Gasteiger partial charge in [0.25, 0.3) is 0 Å². The normalized spacial score (nSPS) is 36.7. The molecule has 1 N–H and O–H groups in total. The number of rotatable bonds is 3. The van der Waals surface area contributed by atoms with Crippen LogP contribution in [0.4, 0.5) is 0 Å². The number of ether oxygens (including phenoxy) is 2. The van der Waals surface area contributed by atoms with Crippen molar-refractivity contribution in [2.75, 3.05) is 6.61 Å². The highest BCUT2D eigenvalue weighted by atomic mass is 16.6. The van der Waals surface area contributed by atoms with E-state index in [4.69, 9.17) is 14.6 Å². The van der Waals surface area contributed by atoms with E-state index in [1.165, 1.54) is 6.92 Å². The number of aliphatic hydroxyl groups excluding tert-OH is 1. The van der Waals surface area contributed by atoms with Crippen LogP contribution >= 0.6 is 0 Å².